The molecule has 1 fully saturated rings. The van der Waals surface area contributed by atoms with Crippen LogP contribution in [0, 0.1) is 5.92 Å². The SMILES string of the molecule is CC(C)C[C@H](NC(=O)CNC(=O)c1cc(Cl)ccc1Cl)C1(B(O)O)CCCCC1. The number of hydrogen-bond acceptors (Lipinski definition) is 4. The molecule has 9 heteroatoms. The Bertz CT molecular complexity index is 724. The van der Waals surface area contributed by atoms with E-state index in [9.17, 15) is 19.6 Å². The third kappa shape index (κ3) is 6.35. The second-order valence-electron chi connectivity index (χ2n) is 8.22. The van der Waals surface area contributed by atoms with Gasteiger partial charge in [-0.25, -0.2) is 0 Å². The number of halogens is 2. The van der Waals surface area contributed by atoms with Crippen LogP contribution in [0.3, 0.4) is 0 Å². The first-order chi connectivity index (χ1) is 13.7. The Morgan fingerprint density at radius 3 is 2.41 bits per heavy atom. The zero-order valence-corrected chi connectivity index (χ0v) is 18.4. The largest absolute Gasteiger partial charge is 0.460 e. The van der Waals surface area contributed by atoms with E-state index in [2.05, 4.69) is 10.6 Å². The van der Waals surface area contributed by atoms with Gasteiger partial charge < -0.3 is 20.7 Å². The summed E-state index contributed by atoms with van der Waals surface area (Å²) in [7, 11) is -1.51. The smallest absolute Gasteiger partial charge is 0.427 e. The minimum absolute atomic E-state index is 0.195. The molecule has 1 aliphatic carbocycles. The lowest BCUT2D eigenvalue weighted by Gasteiger charge is -2.44. The third-order valence-corrected chi connectivity index (χ3v) is 6.18. The molecule has 160 valence electrons. The fraction of sp³-hybridized carbons (Fsp3) is 0.600. The van der Waals surface area contributed by atoms with Crippen molar-refractivity contribution in [3.63, 3.8) is 0 Å². The molecular formula is C20H29BCl2N2O4. The summed E-state index contributed by atoms with van der Waals surface area (Å²) in [5, 5.41) is 25.7. The quantitative estimate of drug-likeness (QED) is 0.463. The van der Waals surface area contributed by atoms with E-state index in [1.165, 1.54) is 12.1 Å². The number of benzene rings is 1. The Labute approximate surface area is 182 Å². The maximum absolute atomic E-state index is 12.6. The zero-order chi connectivity index (χ0) is 21.6. The highest BCUT2D eigenvalue weighted by atomic mass is 35.5. The van der Waals surface area contributed by atoms with Crippen LogP contribution in [0.15, 0.2) is 18.2 Å². The molecule has 1 aromatic rings. The molecule has 0 aromatic heterocycles. The average molecular weight is 443 g/mol. The van der Waals surface area contributed by atoms with Gasteiger partial charge in [-0.15, -0.1) is 0 Å². The second-order valence-corrected chi connectivity index (χ2v) is 9.07. The molecule has 2 amide bonds. The molecule has 6 nitrogen and oxygen atoms in total. The summed E-state index contributed by atoms with van der Waals surface area (Å²) in [6.45, 7) is 3.82. The molecule has 1 aliphatic rings. The Morgan fingerprint density at radius 1 is 1.17 bits per heavy atom. The second kappa shape index (κ2) is 10.7. The molecule has 1 saturated carbocycles. The van der Waals surface area contributed by atoms with Crippen LogP contribution in [-0.4, -0.2) is 41.6 Å². The number of carbonyl (C=O) groups is 2. The summed E-state index contributed by atoms with van der Waals surface area (Å²) in [6.07, 6.45) is 4.75. The molecule has 1 atom stereocenters. The molecule has 0 bridgehead atoms. The van der Waals surface area contributed by atoms with Gasteiger partial charge in [0, 0.05) is 16.4 Å². The van der Waals surface area contributed by atoms with Crippen molar-refractivity contribution in [3.8, 4) is 0 Å². The van der Waals surface area contributed by atoms with Gasteiger partial charge in [0.1, 0.15) is 0 Å². The highest BCUT2D eigenvalue weighted by Crippen LogP contribution is 2.48. The van der Waals surface area contributed by atoms with Crippen LogP contribution in [0.25, 0.3) is 0 Å². The molecule has 4 N–H and O–H groups in total. The molecule has 1 aromatic carbocycles. The molecule has 0 unspecified atom stereocenters. The van der Waals surface area contributed by atoms with E-state index in [0.717, 1.165) is 19.3 Å². The molecule has 2 rings (SSSR count). The van der Waals surface area contributed by atoms with Crippen LogP contribution >= 0.6 is 23.2 Å². The van der Waals surface area contributed by atoms with E-state index in [-0.39, 0.29) is 35.0 Å². The maximum atomic E-state index is 12.6. The number of amides is 2. The number of nitrogens with one attached hydrogen (secondary N) is 2. The van der Waals surface area contributed by atoms with E-state index in [1.807, 2.05) is 13.8 Å². The van der Waals surface area contributed by atoms with Crippen molar-refractivity contribution in [2.75, 3.05) is 6.54 Å². The Kier molecular flexibility index (Phi) is 8.82. The lowest BCUT2D eigenvalue weighted by molar-refractivity contribution is -0.121. The van der Waals surface area contributed by atoms with E-state index < -0.39 is 18.3 Å². The predicted molar refractivity (Wildman–Crippen MR) is 116 cm³/mol. The van der Waals surface area contributed by atoms with Crippen LogP contribution in [0.1, 0.15) is 62.7 Å². The van der Waals surface area contributed by atoms with Gasteiger partial charge in [0.05, 0.1) is 17.1 Å². The Morgan fingerprint density at radius 2 is 1.83 bits per heavy atom. The van der Waals surface area contributed by atoms with Crippen LogP contribution in [0.4, 0.5) is 0 Å². The molecule has 0 spiro atoms. The van der Waals surface area contributed by atoms with E-state index >= 15 is 0 Å². The number of carbonyl (C=O) groups excluding carboxylic acids is 2. The summed E-state index contributed by atoms with van der Waals surface area (Å²) in [6, 6.07) is 4.15. The molecular weight excluding hydrogens is 414 g/mol. The first-order valence-electron chi connectivity index (χ1n) is 10.0. The summed E-state index contributed by atoms with van der Waals surface area (Å²) in [5.41, 5.74) is 0.195. The van der Waals surface area contributed by atoms with Gasteiger partial charge in [-0.3, -0.25) is 9.59 Å². The molecule has 29 heavy (non-hydrogen) atoms. The van der Waals surface area contributed by atoms with Gasteiger partial charge in [-0.2, -0.15) is 0 Å². The standard InChI is InChI=1S/C20H29BCl2N2O4/c1-13(2)10-17(20(21(28)29)8-4-3-5-9-20)25-18(26)12-24-19(27)15-11-14(22)6-7-16(15)23/h6-7,11,13,17,28-29H,3-5,8-10,12H2,1-2H3,(H,24,27)(H,25,26)/t17-/m0/s1. The molecule has 0 radical (unpaired) electrons. The topological polar surface area (TPSA) is 98.7 Å². The van der Waals surface area contributed by atoms with Crippen LogP contribution in [0.2, 0.25) is 15.4 Å². The Hall–Kier alpha value is -1.28. The zero-order valence-electron chi connectivity index (χ0n) is 16.9. The summed E-state index contributed by atoms with van der Waals surface area (Å²) in [4.78, 5) is 24.9. The summed E-state index contributed by atoms with van der Waals surface area (Å²) < 4.78 is 0. The van der Waals surface area contributed by atoms with E-state index in [1.54, 1.807) is 6.07 Å². The normalized spacial score (nSPS) is 16.9. The Balaban J connectivity index is 2.06. The van der Waals surface area contributed by atoms with Gasteiger partial charge in [-0.1, -0.05) is 56.3 Å². The van der Waals surface area contributed by atoms with Crippen molar-refractivity contribution in [1.29, 1.82) is 0 Å². The summed E-state index contributed by atoms with van der Waals surface area (Å²) >= 11 is 11.9. The fourth-order valence-electron chi connectivity index (χ4n) is 4.08. The van der Waals surface area contributed by atoms with Crippen molar-refractivity contribution in [1.82, 2.24) is 10.6 Å². The first kappa shape index (κ1) is 24.0. The van der Waals surface area contributed by atoms with Crippen molar-refractivity contribution in [3.05, 3.63) is 33.8 Å². The maximum Gasteiger partial charge on any atom is 0.460 e. The van der Waals surface area contributed by atoms with Gasteiger partial charge in [0.15, 0.2) is 0 Å². The van der Waals surface area contributed by atoms with Crippen molar-refractivity contribution >= 4 is 42.1 Å². The highest BCUT2D eigenvalue weighted by molar-refractivity contribution is 6.46. The number of rotatable bonds is 8. The van der Waals surface area contributed by atoms with Crippen molar-refractivity contribution in [2.24, 2.45) is 5.92 Å². The van der Waals surface area contributed by atoms with Crippen molar-refractivity contribution < 1.29 is 19.6 Å². The monoisotopic (exact) mass is 442 g/mol. The van der Waals surface area contributed by atoms with Crippen LogP contribution < -0.4 is 10.6 Å². The van der Waals surface area contributed by atoms with Gasteiger partial charge in [0.25, 0.3) is 5.91 Å². The van der Waals surface area contributed by atoms with E-state index in [0.29, 0.717) is 24.3 Å². The predicted octanol–water partition coefficient (Wildman–Crippen LogP) is 3.43. The van der Waals surface area contributed by atoms with Crippen molar-refractivity contribution in [2.45, 2.75) is 63.7 Å². The lowest BCUT2D eigenvalue weighted by atomic mass is 9.47. The van der Waals surface area contributed by atoms with E-state index in [4.69, 9.17) is 23.2 Å². The molecule has 0 saturated heterocycles. The summed E-state index contributed by atoms with van der Waals surface area (Å²) in [5.74, 6) is -0.618. The van der Waals surface area contributed by atoms with Gasteiger partial charge >= 0.3 is 7.12 Å². The first-order valence-corrected chi connectivity index (χ1v) is 10.8. The fourth-order valence-corrected chi connectivity index (χ4v) is 4.45. The minimum Gasteiger partial charge on any atom is -0.427 e. The van der Waals surface area contributed by atoms with Gasteiger partial charge in [0.2, 0.25) is 5.91 Å². The number of hydrogen-bond donors (Lipinski definition) is 4. The molecule has 0 aliphatic heterocycles. The van der Waals surface area contributed by atoms with Crippen LogP contribution in [-0.2, 0) is 4.79 Å². The lowest BCUT2D eigenvalue weighted by Crippen LogP contribution is -2.54. The minimum atomic E-state index is -1.51. The molecule has 0 heterocycles. The third-order valence-electron chi connectivity index (χ3n) is 5.62. The van der Waals surface area contributed by atoms with Crippen LogP contribution in [0.5, 0.6) is 0 Å². The van der Waals surface area contributed by atoms with Gasteiger partial charge in [-0.05, 0) is 43.4 Å². The highest BCUT2D eigenvalue weighted by Gasteiger charge is 2.49. The average Bonchev–Trinajstić information content (AvgIpc) is 2.67.